The van der Waals surface area contributed by atoms with Crippen molar-refractivity contribution in [3.63, 3.8) is 0 Å². The molecule has 0 N–H and O–H groups in total. The fourth-order valence-electron chi connectivity index (χ4n) is 9.38. The van der Waals surface area contributed by atoms with Crippen LogP contribution >= 0.6 is 11.3 Å². The van der Waals surface area contributed by atoms with Crippen LogP contribution in [-0.4, -0.2) is 4.57 Å². The summed E-state index contributed by atoms with van der Waals surface area (Å²) in [7, 11) is 0. The molecule has 0 saturated carbocycles. The number of thiophene rings is 1. The molecule has 3 heteroatoms. The van der Waals surface area contributed by atoms with Crippen molar-refractivity contribution in [2.45, 2.75) is 19.3 Å². The third-order valence-corrected chi connectivity index (χ3v) is 13.2. The topological polar surface area (TPSA) is 18.1 Å². The molecule has 2 nitrogen and oxygen atoms in total. The van der Waals surface area contributed by atoms with Crippen LogP contribution in [0.25, 0.3) is 103 Å². The summed E-state index contributed by atoms with van der Waals surface area (Å²) in [4.78, 5) is 0. The van der Waals surface area contributed by atoms with E-state index < -0.39 is 0 Å². The minimum Gasteiger partial charge on any atom is -0.455 e. The zero-order valence-electron chi connectivity index (χ0n) is 29.9. The van der Waals surface area contributed by atoms with Crippen molar-refractivity contribution < 1.29 is 4.42 Å². The average molecular weight is 708 g/mol. The SMILES string of the molecule is CC1(C)c2cc(-c3ccc4c5cc(-c6cccc7c6oc6ccccc67)ccc5n(-c5ccccc5)c4c3)ccc2-c2c1ccc1c2sc2ccccc21. The molecule has 0 aliphatic heterocycles. The Morgan fingerprint density at radius 3 is 2.13 bits per heavy atom. The van der Waals surface area contributed by atoms with Gasteiger partial charge in [0.15, 0.2) is 0 Å². The Kier molecular flexibility index (Phi) is 6.03. The van der Waals surface area contributed by atoms with Gasteiger partial charge in [-0.15, -0.1) is 11.3 Å². The van der Waals surface area contributed by atoms with Gasteiger partial charge in [-0.1, -0.05) is 129 Å². The van der Waals surface area contributed by atoms with Crippen LogP contribution in [0, 0.1) is 0 Å². The van der Waals surface area contributed by atoms with E-state index in [2.05, 4.69) is 176 Å². The number of benzene rings is 8. The summed E-state index contributed by atoms with van der Waals surface area (Å²) in [5.41, 5.74) is 15.6. The van der Waals surface area contributed by atoms with Crippen LogP contribution in [0.2, 0.25) is 0 Å². The van der Waals surface area contributed by atoms with Gasteiger partial charge in [-0.25, -0.2) is 0 Å². The van der Waals surface area contributed by atoms with E-state index in [1.165, 1.54) is 75.4 Å². The molecule has 0 amide bonds. The molecule has 3 heterocycles. The van der Waals surface area contributed by atoms with Gasteiger partial charge < -0.3 is 8.98 Å². The number of aromatic nitrogens is 1. The second-order valence-electron chi connectivity index (χ2n) is 15.3. The Morgan fingerprint density at radius 2 is 1.22 bits per heavy atom. The van der Waals surface area contributed by atoms with Gasteiger partial charge in [-0.2, -0.15) is 0 Å². The molecule has 0 bridgehead atoms. The molecule has 1 aliphatic carbocycles. The van der Waals surface area contributed by atoms with Gasteiger partial charge >= 0.3 is 0 Å². The molecule has 0 unspecified atom stereocenters. The number of hydrogen-bond acceptors (Lipinski definition) is 2. The van der Waals surface area contributed by atoms with Gasteiger partial charge in [0.2, 0.25) is 0 Å². The maximum absolute atomic E-state index is 6.47. The van der Waals surface area contributed by atoms with Crippen molar-refractivity contribution in [3.8, 4) is 39.1 Å². The number of nitrogens with zero attached hydrogens (tertiary/aromatic N) is 1. The minimum atomic E-state index is -0.104. The number of hydrogen-bond donors (Lipinski definition) is 0. The zero-order chi connectivity index (χ0) is 35.7. The van der Waals surface area contributed by atoms with Gasteiger partial charge in [0.25, 0.3) is 0 Å². The molecule has 11 aromatic rings. The Morgan fingerprint density at radius 1 is 0.481 bits per heavy atom. The van der Waals surface area contributed by atoms with Gasteiger partial charge in [0.05, 0.1) is 11.0 Å². The lowest BCUT2D eigenvalue weighted by atomic mass is 9.81. The first-order valence-electron chi connectivity index (χ1n) is 18.7. The molecule has 1 aliphatic rings. The first-order valence-corrected chi connectivity index (χ1v) is 19.5. The van der Waals surface area contributed by atoms with Crippen LogP contribution in [0.5, 0.6) is 0 Å². The third kappa shape index (κ3) is 4.05. The second kappa shape index (κ2) is 10.8. The van der Waals surface area contributed by atoms with Crippen LogP contribution in [0.4, 0.5) is 0 Å². The number of rotatable bonds is 3. The van der Waals surface area contributed by atoms with E-state index in [-0.39, 0.29) is 5.41 Å². The Bertz CT molecular complexity index is 3360. The molecular formula is C51H33NOS. The van der Waals surface area contributed by atoms with Crippen LogP contribution in [0.3, 0.4) is 0 Å². The molecule has 0 spiro atoms. The van der Waals surface area contributed by atoms with Crippen LogP contribution < -0.4 is 0 Å². The molecule has 0 radical (unpaired) electrons. The van der Waals surface area contributed by atoms with Crippen molar-refractivity contribution in [1.29, 1.82) is 0 Å². The average Bonchev–Trinajstić information content (AvgIpc) is 3.94. The largest absolute Gasteiger partial charge is 0.455 e. The monoisotopic (exact) mass is 707 g/mol. The van der Waals surface area contributed by atoms with Crippen molar-refractivity contribution >= 4 is 75.3 Å². The predicted molar refractivity (Wildman–Crippen MR) is 229 cm³/mol. The van der Waals surface area contributed by atoms with E-state index >= 15 is 0 Å². The van der Waals surface area contributed by atoms with Crippen molar-refractivity contribution in [2.24, 2.45) is 0 Å². The highest BCUT2D eigenvalue weighted by molar-refractivity contribution is 7.26. The normalized spacial score (nSPS) is 13.5. The second-order valence-corrected chi connectivity index (χ2v) is 16.3. The van der Waals surface area contributed by atoms with E-state index in [0.29, 0.717) is 0 Å². The quantitative estimate of drug-likeness (QED) is 0.179. The Labute approximate surface area is 316 Å². The summed E-state index contributed by atoms with van der Waals surface area (Å²) in [5, 5.41) is 7.47. The fraction of sp³-hybridized carbons (Fsp3) is 0.0588. The molecule has 0 atom stereocenters. The lowest BCUT2D eigenvalue weighted by molar-refractivity contribution is 0.661. The van der Waals surface area contributed by atoms with Crippen molar-refractivity contribution in [2.75, 3.05) is 0 Å². The number of furan rings is 1. The maximum Gasteiger partial charge on any atom is 0.143 e. The van der Waals surface area contributed by atoms with Crippen molar-refractivity contribution in [1.82, 2.24) is 4.57 Å². The minimum absolute atomic E-state index is 0.104. The molecule has 8 aromatic carbocycles. The molecule has 54 heavy (non-hydrogen) atoms. The lowest BCUT2D eigenvalue weighted by Gasteiger charge is -2.22. The number of para-hydroxylation sites is 3. The molecular weight excluding hydrogens is 675 g/mol. The van der Waals surface area contributed by atoms with Crippen LogP contribution in [-0.2, 0) is 5.41 Å². The highest BCUT2D eigenvalue weighted by Crippen LogP contribution is 2.54. The summed E-state index contributed by atoms with van der Waals surface area (Å²) < 4.78 is 11.6. The molecule has 0 fully saturated rings. The summed E-state index contributed by atoms with van der Waals surface area (Å²) in [6.07, 6.45) is 0. The smallest absolute Gasteiger partial charge is 0.143 e. The highest BCUT2D eigenvalue weighted by Gasteiger charge is 2.37. The maximum atomic E-state index is 6.47. The van der Waals surface area contributed by atoms with Gasteiger partial charge in [-0.3, -0.25) is 0 Å². The van der Waals surface area contributed by atoms with Gasteiger partial charge in [0, 0.05) is 63.9 Å². The van der Waals surface area contributed by atoms with E-state index in [1.807, 2.05) is 17.4 Å². The Hall–Kier alpha value is -6.42. The molecule has 0 saturated heterocycles. The van der Waals surface area contributed by atoms with Crippen LogP contribution in [0.1, 0.15) is 25.0 Å². The summed E-state index contributed by atoms with van der Waals surface area (Å²) in [5.74, 6) is 0. The van der Waals surface area contributed by atoms with Gasteiger partial charge in [0.1, 0.15) is 11.2 Å². The van der Waals surface area contributed by atoms with Crippen LogP contribution in [0.15, 0.2) is 168 Å². The number of fused-ring (bicyclic) bond motifs is 13. The molecule has 12 rings (SSSR count). The standard InChI is InChI=1S/C51H33NOS/c1-51(2)42-25-24-39-37-14-7-9-18-47(37)54-50(39)48(42)40-23-20-30(28-43(40)51)31-19-22-35-41-27-32(21-26-44(41)52(45(35)29-31)33-11-4-3-5-12-33)34-15-10-16-38-36-13-6-8-17-46(36)53-49(34)38/h3-29H,1-2H3. The summed E-state index contributed by atoms with van der Waals surface area (Å²) >= 11 is 1.93. The van der Waals surface area contributed by atoms with E-state index in [1.54, 1.807) is 0 Å². The molecule has 3 aromatic heterocycles. The van der Waals surface area contributed by atoms with E-state index in [9.17, 15) is 0 Å². The van der Waals surface area contributed by atoms with Gasteiger partial charge in [-0.05, 0) is 81.9 Å². The Balaban J connectivity index is 1.04. The zero-order valence-corrected chi connectivity index (χ0v) is 30.7. The van der Waals surface area contributed by atoms with E-state index in [0.717, 1.165) is 38.8 Å². The van der Waals surface area contributed by atoms with E-state index in [4.69, 9.17) is 4.42 Å². The summed E-state index contributed by atoms with van der Waals surface area (Å²) in [6, 6.07) is 60.2. The van der Waals surface area contributed by atoms with Crippen molar-refractivity contribution in [3.05, 3.63) is 175 Å². The predicted octanol–water partition coefficient (Wildman–Crippen LogP) is 14.7. The fourth-order valence-corrected chi connectivity index (χ4v) is 10.6. The summed E-state index contributed by atoms with van der Waals surface area (Å²) in [6.45, 7) is 4.78. The third-order valence-electron chi connectivity index (χ3n) is 12.0. The lowest BCUT2D eigenvalue weighted by Crippen LogP contribution is -2.14. The first-order chi connectivity index (χ1) is 26.5. The first kappa shape index (κ1) is 30.1. The molecule has 254 valence electrons. The highest BCUT2D eigenvalue weighted by atomic mass is 32.1.